The maximum absolute atomic E-state index is 12.8. The summed E-state index contributed by atoms with van der Waals surface area (Å²) in [5.41, 5.74) is 1.97. The van der Waals surface area contributed by atoms with Gasteiger partial charge in [-0.15, -0.1) is 11.3 Å². The lowest BCUT2D eigenvalue weighted by Crippen LogP contribution is -2.40. The zero-order valence-electron chi connectivity index (χ0n) is 18.6. The third-order valence-corrected chi connectivity index (χ3v) is 8.35. The lowest BCUT2D eigenvalue weighted by molar-refractivity contribution is -0.126. The van der Waals surface area contributed by atoms with Crippen LogP contribution in [0.5, 0.6) is 0 Å². The van der Waals surface area contributed by atoms with Gasteiger partial charge in [0.05, 0.1) is 18.1 Å². The van der Waals surface area contributed by atoms with Crippen LogP contribution in [0.1, 0.15) is 29.7 Å². The van der Waals surface area contributed by atoms with Crippen LogP contribution in [0.2, 0.25) is 0 Å². The van der Waals surface area contributed by atoms with Crippen molar-refractivity contribution in [1.29, 1.82) is 0 Å². The zero-order valence-corrected chi connectivity index (χ0v) is 20.2. The summed E-state index contributed by atoms with van der Waals surface area (Å²) in [4.78, 5) is 11.7. The fraction of sp³-hybridized carbons (Fsp3) is 0.478. The molecule has 0 bridgehead atoms. The Hall–Kier alpha value is -2.40. The minimum Gasteiger partial charge on any atom is -0.355 e. The summed E-state index contributed by atoms with van der Waals surface area (Å²) in [6, 6.07) is 9.10. The SMILES string of the molecule is CS(=O)(=O)Nc1ccc(CC2CC3(CCN(c4ncnc5sc(CC(F)(F)F)cc45)C3)C2)cc1. The number of anilines is 2. The van der Waals surface area contributed by atoms with E-state index in [-0.39, 0.29) is 10.3 Å². The van der Waals surface area contributed by atoms with E-state index in [0.717, 1.165) is 62.2 Å². The normalized spacial score (nSPS) is 22.9. The summed E-state index contributed by atoms with van der Waals surface area (Å²) in [6.07, 6.45) is 1.60. The van der Waals surface area contributed by atoms with Gasteiger partial charge in [0.1, 0.15) is 17.0 Å². The van der Waals surface area contributed by atoms with Gasteiger partial charge in [-0.3, -0.25) is 4.72 Å². The Bertz CT molecular complexity index is 1300. The molecule has 1 aliphatic carbocycles. The highest BCUT2D eigenvalue weighted by atomic mass is 32.2. The molecule has 11 heteroatoms. The molecule has 3 aromatic rings. The van der Waals surface area contributed by atoms with Crippen molar-refractivity contribution in [3.05, 3.63) is 47.1 Å². The summed E-state index contributed by atoms with van der Waals surface area (Å²) < 4.78 is 63.7. The number of alkyl halides is 3. The molecule has 182 valence electrons. The number of halogens is 3. The van der Waals surface area contributed by atoms with Crippen LogP contribution in [0.3, 0.4) is 0 Å². The number of nitrogens with zero attached hydrogens (tertiary/aromatic N) is 3. The standard InChI is InChI=1S/C23H25F3N4O2S2/c1-34(31,32)29-17-4-2-15(3-5-17)8-16-10-22(11-16)6-7-30(13-22)20-19-9-18(12-23(24,25)26)33-21(19)28-14-27-20/h2-5,9,14,16,29H,6-8,10-13H2,1H3. The van der Waals surface area contributed by atoms with E-state index < -0.39 is 22.6 Å². The van der Waals surface area contributed by atoms with Gasteiger partial charge in [-0.25, -0.2) is 18.4 Å². The Morgan fingerprint density at radius 3 is 2.62 bits per heavy atom. The van der Waals surface area contributed by atoms with E-state index in [1.165, 1.54) is 11.9 Å². The van der Waals surface area contributed by atoms with Crippen LogP contribution in [0.15, 0.2) is 36.7 Å². The van der Waals surface area contributed by atoms with Gasteiger partial charge >= 0.3 is 6.18 Å². The molecule has 0 atom stereocenters. The fourth-order valence-corrected chi connectivity index (χ4v) is 7.03. The number of aromatic nitrogens is 2. The number of benzene rings is 1. The van der Waals surface area contributed by atoms with Gasteiger partial charge in [0.2, 0.25) is 10.0 Å². The van der Waals surface area contributed by atoms with E-state index in [2.05, 4.69) is 19.6 Å². The van der Waals surface area contributed by atoms with Crippen LogP contribution in [-0.2, 0) is 22.9 Å². The van der Waals surface area contributed by atoms with Gasteiger partial charge in [-0.2, -0.15) is 13.2 Å². The Morgan fingerprint density at radius 1 is 1.21 bits per heavy atom. The number of rotatable bonds is 6. The van der Waals surface area contributed by atoms with Crippen molar-refractivity contribution >= 4 is 43.1 Å². The molecule has 5 rings (SSSR count). The maximum atomic E-state index is 12.8. The molecule has 0 amide bonds. The number of thiophene rings is 1. The number of nitrogens with one attached hydrogen (secondary N) is 1. The largest absolute Gasteiger partial charge is 0.393 e. The summed E-state index contributed by atoms with van der Waals surface area (Å²) in [7, 11) is -3.28. The van der Waals surface area contributed by atoms with Crippen molar-refractivity contribution in [2.45, 2.75) is 38.3 Å². The van der Waals surface area contributed by atoms with E-state index in [1.807, 2.05) is 12.1 Å². The van der Waals surface area contributed by atoms with Crippen molar-refractivity contribution < 1.29 is 21.6 Å². The molecule has 2 fully saturated rings. The Balaban J connectivity index is 1.21. The average Bonchev–Trinajstić information content (AvgIpc) is 3.30. The lowest BCUT2D eigenvalue weighted by Gasteiger charge is -2.45. The third kappa shape index (κ3) is 5.14. The number of hydrogen-bond donors (Lipinski definition) is 1. The Kier molecular flexibility index (Phi) is 5.75. The van der Waals surface area contributed by atoms with Crippen molar-refractivity contribution in [3.63, 3.8) is 0 Å². The average molecular weight is 511 g/mol. The highest BCUT2D eigenvalue weighted by Crippen LogP contribution is 2.53. The van der Waals surface area contributed by atoms with Crippen LogP contribution >= 0.6 is 11.3 Å². The van der Waals surface area contributed by atoms with Gasteiger partial charge in [0.25, 0.3) is 0 Å². The van der Waals surface area contributed by atoms with Crippen molar-refractivity contribution in [1.82, 2.24) is 9.97 Å². The molecule has 1 aromatic carbocycles. The highest BCUT2D eigenvalue weighted by Gasteiger charge is 2.48. The molecule has 3 heterocycles. The van der Waals surface area contributed by atoms with Gasteiger partial charge in [0.15, 0.2) is 0 Å². The molecule has 1 aliphatic heterocycles. The van der Waals surface area contributed by atoms with Gasteiger partial charge in [-0.05, 0) is 60.8 Å². The zero-order chi connectivity index (χ0) is 24.1. The number of hydrogen-bond acceptors (Lipinski definition) is 6. The number of sulfonamides is 1. The smallest absolute Gasteiger partial charge is 0.355 e. The molecule has 1 spiro atoms. The second-order valence-corrected chi connectivity index (χ2v) is 12.5. The molecular formula is C23H25F3N4O2S2. The summed E-state index contributed by atoms with van der Waals surface area (Å²) in [6.45, 7) is 1.70. The first-order valence-electron chi connectivity index (χ1n) is 11.1. The summed E-state index contributed by atoms with van der Waals surface area (Å²) >= 11 is 1.09. The molecule has 0 radical (unpaired) electrons. The monoisotopic (exact) mass is 510 g/mol. The van der Waals surface area contributed by atoms with Crippen molar-refractivity contribution in [2.24, 2.45) is 11.3 Å². The third-order valence-electron chi connectivity index (χ3n) is 6.70. The molecule has 0 unspecified atom stereocenters. The van der Waals surface area contributed by atoms with Crippen LogP contribution in [-0.4, -0.2) is 43.9 Å². The summed E-state index contributed by atoms with van der Waals surface area (Å²) in [5.74, 6) is 1.31. The van der Waals surface area contributed by atoms with Crippen LogP contribution in [0, 0.1) is 11.3 Å². The van der Waals surface area contributed by atoms with Crippen LogP contribution < -0.4 is 9.62 Å². The molecule has 2 aliphatic rings. The Morgan fingerprint density at radius 2 is 1.94 bits per heavy atom. The van der Waals surface area contributed by atoms with E-state index in [0.29, 0.717) is 21.8 Å². The van der Waals surface area contributed by atoms with Crippen LogP contribution in [0.4, 0.5) is 24.7 Å². The van der Waals surface area contributed by atoms with E-state index >= 15 is 0 Å². The first kappa shape index (κ1) is 23.3. The Labute approximate surface area is 200 Å². The number of fused-ring (bicyclic) bond motifs is 1. The highest BCUT2D eigenvalue weighted by molar-refractivity contribution is 7.92. The van der Waals surface area contributed by atoms with Gasteiger partial charge in [-0.1, -0.05) is 12.1 Å². The van der Waals surface area contributed by atoms with Crippen molar-refractivity contribution in [2.75, 3.05) is 29.0 Å². The maximum Gasteiger partial charge on any atom is 0.393 e. The predicted octanol–water partition coefficient (Wildman–Crippen LogP) is 5.02. The minimum absolute atomic E-state index is 0.227. The second-order valence-electron chi connectivity index (χ2n) is 9.64. The quantitative estimate of drug-likeness (QED) is 0.504. The fourth-order valence-electron chi connectivity index (χ4n) is 5.44. The van der Waals surface area contributed by atoms with E-state index in [1.54, 1.807) is 18.2 Å². The molecule has 2 aromatic heterocycles. The minimum atomic E-state index is -4.24. The molecule has 1 N–H and O–H groups in total. The summed E-state index contributed by atoms with van der Waals surface area (Å²) in [5, 5.41) is 0.711. The molecule has 1 saturated heterocycles. The molecule has 34 heavy (non-hydrogen) atoms. The van der Waals surface area contributed by atoms with Crippen molar-refractivity contribution in [3.8, 4) is 0 Å². The first-order chi connectivity index (χ1) is 16.0. The molecule has 6 nitrogen and oxygen atoms in total. The predicted molar refractivity (Wildman–Crippen MR) is 128 cm³/mol. The topological polar surface area (TPSA) is 75.2 Å². The van der Waals surface area contributed by atoms with Crippen LogP contribution in [0.25, 0.3) is 10.2 Å². The van der Waals surface area contributed by atoms with Gasteiger partial charge < -0.3 is 4.90 Å². The first-order valence-corrected chi connectivity index (χ1v) is 13.8. The second kappa shape index (κ2) is 8.37. The lowest BCUT2D eigenvalue weighted by atomic mass is 9.60. The van der Waals surface area contributed by atoms with E-state index in [4.69, 9.17) is 0 Å². The molecule has 1 saturated carbocycles. The van der Waals surface area contributed by atoms with E-state index in [9.17, 15) is 21.6 Å². The molecular weight excluding hydrogens is 485 g/mol. The van der Waals surface area contributed by atoms with Gasteiger partial charge in [0, 0.05) is 23.7 Å².